The highest BCUT2D eigenvalue weighted by Crippen LogP contribution is 2.31. The summed E-state index contributed by atoms with van der Waals surface area (Å²) in [5.41, 5.74) is 6.78. The number of ether oxygens (including phenoxy) is 1. The molecule has 0 fully saturated rings. The molecule has 2 N–H and O–H groups in total. The number of hydrogen-bond donors (Lipinski definition) is 1. The van der Waals surface area contributed by atoms with Gasteiger partial charge in [0.15, 0.2) is 11.6 Å². The molecule has 0 heterocycles. The topological polar surface area (TPSA) is 35.2 Å². The van der Waals surface area contributed by atoms with Gasteiger partial charge in [-0.05, 0) is 55.3 Å². The molecule has 2 rings (SSSR count). The zero-order valence-corrected chi connectivity index (χ0v) is 14.0. The molecule has 2 nitrogen and oxygen atoms in total. The molecule has 20 heavy (non-hydrogen) atoms. The monoisotopic (exact) mass is 401 g/mol. The summed E-state index contributed by atoms with van der Waals surface area (Å²) in [6, 6.07) is 10.3. The number of halogens is 3. The van der Waals surface area contributed by atoms with Gasteiger partial charge in [-0.1, -0.05) is 31.9 Å². The molecule has 0 saturated heterocycles. The van der Waals surface area contributed by atoms with Crippen LogP contribution < -0.4 is 10.5 Å². The first-order valence-electron chi connectivity index (χ1n) is 6.12. The van der Waals surface area contributed by atoms with E-state index in [1.54, 1.807) is 12.1 Å². The summed E-state index contributed by atoms with van der Waals surface area (Å²) in [6.07, 6.45) is 0.660. The van der Waals surface area contributed by atoms with Crippen LogP contribution in [0.25, 0.3) is 0 Å². The smallest absolute Gasteiger partial charge is 0.166 e. The fraction of sp³-hybridized carbons (Fsp3) is 0.200. The van der Waals surface area contributed by atoms with Crippen LogP contribution >= 0.6 is 31.9 Å². The van der Waals surface area contributed by atoms with E-state index in [1.807, 2.05) is 25.1 Å². The fourth-order valence-corrected chi connectivity index (χ4v) is 2.57. The average molecular weight is 403 g/mol. The van der Waals surface area contributed by atoms with Gasteiger partial charge in [0.25, 0.3) is 0 Å². The second-order valence-corrected chi connectivity index (χ2v) is 6.44. The Kier molecular flexibility index (Phi) is 5.18. The van der Waals surface area contributed by atoms with Crippen LogP contribution in [0.5, 0.6) is 11.5 Å². The molecule has 106 valence electrons. The van der Waals surface area contributed by atoms with Crippen molar-refractivity contribution in [2.45, 2.75) is 19.4 Å². The molecular formula is C15H14Br2FNO. The minimum absolute atomic E-state index is 0.00131. The van der Waals surface area contributed by atoms with E-state index in [2.05, 4.69) is 31.9 Å². The van der Waals surface area contributed by atoms with E-state index in [4.69, 9.17) is 10.5 Å². The van der Waals surface area contributed by atoms with Crippen LogP contribution in [0.1, 0.15) is 12.5 Å². The van der Waals surface area contributed by atoms with E-state index in [-0.39, 0.29) is 11.8 Å². The van der Waals surface area contributed by atoms with Gasteiger partial charge in [-0.3, -0.25) is 0 Å². The molecular weight excluding hydrogens is 389 g/mol. The molecule has 1 unspecified atom stereocenters. The van der Waals surface area contributed by atoms with Gasteiger partial charge in [0.1, 0.15) is 5.75 Å². The number of benzene rings is 2. The van der Waals surface area contributed by atoms with E-state index in [0.717, 1.165) is 10.0 Å². The third kappa shape index (κ3) is 4.04. The number of nitrogens with two attached hydrogens (primary N) is 1. The maximum absolute atomic E-state index is 13.8. The standard InChI is InChI=1S/C15H14Br2FNO/c1-9(19)6-10-7-11(16)2-4-14(10)20-15-5-3-12(17)8-13(15)18/h2-5,7-9H,6,19H2,1H3. The first-order chi connectivity index (χ1) is 9.45. The first kappa shape index (κ1) is 15.5. The lowest BCUT2D eigenvalue weighted by atomic mass is 10.1. The molecule has 2 aromatic carbocycles. The predicted molar refractivity (Wildman–Crippen MR) is 85.7 cm³/mol. The Morgan fingerprint density at radius 1 is 1.10 bits per heavy atom. The predicted octanol–water partition coefficient (Wildman–Crippen LogP) is 5.03. The maximum Gasteiger partial charge on any atom is 0.166 e. The minimum atomic E-state index is -0.408. The molecule has 1 atom stereocenters. The van der Waals surface area contributed by atoms with Crippen molar-refractivity contribution in [3.8, 4) is 11.5 Å². The zero-order chi connectivity index (χ0) is 14.7. The van der Waals surface area contributed by atoms with Crippen molar-refractivity contribution in [1.29, 1.82) is 0 Å². The van der Waals surface area contributed by atoms with E-state index < -0.39 is 5.82 Å². The van der Waals surface area contributed by atoms with Gasteiger partial charge in [-0.15, -0.1) is 0 Å². The SMILES string of the molecule is CC(N)Cc1cc(Br)ccc1Oc1ccc(Br)cc1F. The van der Waals surface area contributed by atoms with Crippen molar-refractivity contribution in [1.82, 2.24) is 0 Å². The highest BCUT2D eigenvalue weighted by Gasteiger charge is 2.11. The first-order valence-corrected chi connectivity index (χ1v) is 7.71. The van der Waals surface area contributed by atoms with E-state index in [9.17, 15) is 4.39 Å². The molecule has 0 aliphatic heterocycles. The second kappa shape index (κ2) is 6.70. The highest BCUT2D eigenvalue weighted by molar-refractivity contribution is 9.10. The summed E-state index contributed by atoms with van der Waals surface area (Å²) < 4.78 is 21.1. The maximum atomic E-state index is 13.8. The van der Waals surface area contributed by atoms with Crippen molar-refractivity contribution >= 4 is 31.9 Å². The van der Waals surface area contributed by atoms with Crippen molar-refractivity contribution in [2.24, 2.45) is 5.73 Å². The third-order valence-corrected chi connectivity index (χ3v) is 3.66. The van der Waals surface area contributed by atoms with Crippen molar-refractivity contribution in [3.63, 3.8) is 0 Å². The molecule has 0 bridgehead atoms. The molecule has 0 aliphatic carbocycles. The second-order valence-electron chi connectivity index (χ2n) is 4.61. The average Bonchev–Trinajstić information content (AvgIpc) is 2.34. The molecule has 0 aromatic heterocycles. The largest absolute Gasteiger partial charge is 0.454 e. The lowest BCUT2D eigenvalue weighted by Gasteiger charge is -2.14. The van der Waals surface area contributed by atoms with Gasteiger partial charge in [0.2, 0.25) is 0 Å². The van der Waals surface area contributed by atoms with Crippen molar-refractivity contribution in [2.75, 3.05) is 0 Å². The molecule has 0 aliphatic rings. The Bertz CT molecular complexity index is 617. The molecule has 0 amide bonds. The van der Waals surface area contributed by atoms with Crippen LogP contribution in [0.2, 0.25) is 0 Å². The van der Waals surface area contributed by atoms with E-state index in [1.165, 1.54) is 6.07 Å². The van der Waals surface area contributed by atoms with Crippen LogP contribution in [0.4, 0.5) is 4.39 Å². The van der Waals surface area contributed by atoms with Crippen LogP contribution in [0, 0.1) is 5.82 Å². The normalized spacial score (nSPS) is 12.2. The van der Waals surface area contributed by atoms with Crippen LogP contribution in [0.3, 0.4) is 0 Å². The Morgan fingerprint density at radius 2 is 1.70 bits per heavy atom. The molecule has 5 heteroatoms. The van der Waals surface area contributed by atoms with Gasteiger partial charge < -0.3 is 10.5 Å². The number of hydrogen-bond acceptors (Lipinski definition) is 2. The zero-order valence-electron chi connectivity index (χ0n) is 10.9. The Balaban J connectivity index is 2.32. The third-order valence-electron chi connectivity index (χ3n) is 2.68. The van der Waals surface area contributed by atoms with Crippen molar-refractivity contribution in [3.05, 3.63) is 56.7 Å². The van der Waals surface area contributed by atoms with Crippen LogP contribution in [-0.2, 0) is 6.42 Å². The summed E-state index contributed by atoms with van der Waals surface area (Å²) in [5, 5.41) is 0. The Labute approximate surface area is 134 Å². The summed E-state index contributed by atoms with van der Waals surface area (Å²) in [7, 11) is 0. The lowest BCUT2D eigenvalue weighted by molar-refractivity contribution is 0.436. The van der Waals surface area contributed by atoms with Gasteiger partial charge in [0, 0.05) is 15.0 Å². The van der Waals surface area contributed by atoms with Gasteiger partial charge >= 0.3 is 0 Å². The molecule has 0 saturated carbocycles. The summed E-state index contributed by atoms with van der Waals surface area (Å²) in [4.78, 5) is 0. The van der Waals surface area contributed by atoms with E-state index in [0.29, 0.717) is 16.6 Å². The van der Waals surface area contributed by atoms with Gasteiger partial charge in [-0.25, -0.2) is 4.39 Å². The van der Waals surface area contributed by atoms with E-state index >= 15 is 0 Å². The molecule has 2 aromatic rings. The molecule has 0 radical (unpaired) electrons. The lowest BCUT2D eigenvalue weighted by Crippen LogP contribution is -2.18. The van der Waals surface area contributed by atoms with Gasteiger partial charge in [-0.2, -0.15) is 0 Å². The van der Waals surface area contributed by atoms with Crippen LogP contribution in [-0.4, -0.2) is 6.04 Å². The summed E-state index contributed by atoms with van der Waals surface area (Å²) in [6.45, 7) is 1.92. The summed E-state index contributed by atoms with van der Waals surface area (Å²) >= 11 is 6.64. The Hall–Kier alpha value is -0.910. The Morgan fingerprint density at radius 3 is 2.30 bits per heavy atom. The summed E-state index contributed by atoms with van der Waals surface area (Å²) in [5.74, 6) is 0.405. The quantitative estimate of drug-likeness (QED) is 0.777. The minimum Gasteiger partial charge on any atom is -0.454 e. The van der Waals surface area contributed by atoms with Crippen molar-refractivity contribution < 1.29 is 9.13 Å². The number of rotatable bonds is 4. The van der Waals surface area contributed by atoms with Crippen LogP contribution in [0.15, 0.2) is 45.3 Å². The molecule has 0 spiro atoms. The van der Waals surface area contributed by atoms with Gasteiger partial charge in [0.05, 0.1) is 0 Å². The fourth-order valence-electron chi connectivity index (χ4n) is 1.83. The highest BCUT2D eigenvalue weighted by atomic mass is 79.9.